The first-order valence-corrected chi connectivity index (χ1v) is 11.5. The molecule has 170 valence electrons. The maximum Gasteiger partial charge on any atom is 0.262 e. The maximum absolute atomic E-state index is 13.3. The lowest BCUT2D eigenvalue weighted by molar-refractivity contribution is -0.121. The molecule has 4 aromatic rings. The quantitative estimate of drug-likeness (QED) is 0.450. The average Bonchev–Trinajstić information content (AvgIpc) is 3.52. The third-order valence-corrected chi connectivity index (χ3v) is 6.17. The van der Waals surface area contributed by atoms with Gasteiger partial charge in [0.25, 0.3) is 5.56 Å². The topological polar surface area (TPSA) is 90.5 Å². The monoisotopic (exact) mass is 445 g/mol. The molecular formula is C25H27N5O3. The van der Waals surface area contributed by atoms with Crippen LogP contribution in [0.5, 0.6) is 0 Å². The van der Waals surface area contributed by atoms with E-state index in [9.17, 15) is 9.59 Å². The summed E-state index contributed by atoms with van der Waals surface area (Å²) >= 11 is 0. The lowest BCUT2D eigenvalue weighted by Gasteiger charge is -2.12. The Labute approximate surface area is 191 Å². The van der Waals surface area contributed by atoms with E-state index in [0.29, 0.717) is 49.3 Å². The molecule has 0 aliphatic carbocycles. The van der Waals surface area contributed by atoms with E-state index in [1.807, 2.05) is 59.0 Å². The molecule has 1 aliphatic heterocycles. The number of hydrogen-bond donors (Lipinski definition) is 1. The van der Waals surface area contributed by atoms with E-state index < -0.39 is 0 Å². The highest BCUT2D eigenvalue weighted by atomic mass is 16.5. The third-order valence-electron chi connectivity index (χ3n) is 6.17. The van der Waals surface area contributed by atoms with E-state index in [-0.39, 0.29) is 17.6 Å². The summed E-state index contributed by atoms with van der Waals surface area (Å²) in [6, 6.07) is 17.5. The first-order chi connectivity index (χ1) is 16.2. The Morgan fingerprint density at radius 1 is 1.06 bits per heavy atom. The highest BCUT2D eigenvalue weighted by Gasteiger charge is 2.19. The Kier molecular flexibility index (Phi) is 6.17. The standard InChI is InChI=1S/C25H27N5O3/c31-23(26-17-19-9-6-16-33-19)13-12-22-27-28-25-29(15-14-18-7-2-1-3-8-18)24(32)20-10-4-5-11-21(20)30(22)25/h1-5,7-8,10-11,19H,6,9,12-17H2,(H,26,31)/t19-/m1/s1. The Balaban J connectivity index is 1.41. The number of aromatic nitrogens is 4. The zero-order valence-electron chi connectivity index (χ0n) is 18.4. The van der Waals surface area contributed by atoms with Gasteiger partial charge in [-0.1, -0.05) is 42.5 Å². The summed E-state index contributed by atoms with van der Waals surface area (Å²) < 4.78 is 9.16. The number of amides is 1. The summed E-state index contributed by atoms with van der Waals surface area (Å²) in [5.41, 5.74) is 1.83. The van der Waals surface area contributed by atoms with E-state index in [1.165, 1.54) is 0 Å². The Morgan fingerprint density at radius 2 is 1.88 bits per heavy atom. The highest BCUT2D eigenvalue weighted by molar-refractivity contribution is 5.80. The summed E-state index contributed by atoms with van der Waals surface area (Å²) in [6.07, 6.45) is 3.59. The Morgan fingerprint density at radius 3 is 2.70 bits per heavy atom. The van der Waals surface area contributed by atoms with Gasteiger partial charge in [0.1, 0.15) is 5.82 Å². The minimum atomic E-state index is -0.0812. The van der Waals surface area contributed by atoms with Gasteiger partial charge in [-0.15, -0.1) is 10.2 Å². The summed E-state index contributed by atoms with van der Waals surface area (Å²) in [5.74, 6) is 1.13. The van der Waals surface area contributed by atoms with Gasteiger partial charge in [0.2, 0.25) is 11.7 Å². The summed E-state index contributed by atoms with van der Waals surface area (Å²) in [7, 11) is 0. The van der Waals surface area contributed by atoms with Crippen molar-refractivity contribution < 1.29 is 9.53 Å². The van der Waals surface area contributed by atoms with Crippen LogP contribution in [0.25, 0.3) is 16.7 Å². The maximum atomic E-state index is 13.3. The molecule has 2 aromatic carbocycles. The molecule has 0 unspecified atom stereocenters. The van der Waals surface area contributed by atoms with E-state index in [0.717, 1.165) is 30.5 Å². The van der Waals surface area contributed by atoms with Crippen LogP contribution in [-0.2, 0) is 28.9 Å². The van der Waals surface area contributed by atoms with E-state index in [2.05, 4.69) is 15.5 Å². The number of carbonyl (C=O) groups excluding carboxylic acids is 1. The molecule has 1 saturated heterocycles. The van der Waals surface area contributed by atoms with Crippen molar-refractivity contribution in [1.29, 1.82) is 0 Å². The fourth-order valence-electron chi connectivity index (χ4n) is 4.41. The van der Waals surface area contributed by atoms with Crippen molar-refractivity contribution in [3.05, 3.63) is 76.3 Å². The summed E-state index contributed by atoms with van der Waals surface area (Å²) in [6.45, 7) is 1.81. The van der Waals surface area contributed by atoms with Crippen LogP contribution in [0, 0.1) is 0 Å². The van der Waals surface area contributed by atoms with E-state index in [1.54, 1.807) is 4.57 Å². The van der Waals surface area contributed by atoms with Crippen molar-refractivity contribution in [2.75, 3.05) is 13.2 Å². The molecule has 1 amide bonds. The molecule has 0 bridgehead atoms. The second-order valence-electron chi connectivity index (χ2n) is 8.40. The lowest BCUT2D eigenvalue weighted by atomic mass is 10.1. The van der Waals surface area contributed by atoms with Crippen molar-refractivity contribution in [3.63, 3.8) is 0 Å². The number of nitrogens with one attached hydrogen (secondary N) is 1. The van der Waals surface area contributed by atoms with Gasteiger partial charge in [0, 0.05) is 32.5 Å². The van der Waals surface area contributed by atoms with Crippen molar-refractivity contribution >= 4 is 22.6 Å². The molecule has 8 heteroatoms. The normalized spacial score (nSPS) is 15.9. The van der Waals surface area contributed by atoms with E-state index in [4.69, 9.17) is 4.74 Å². The molecule has 3 heterocycles. The van der Waals surface area contributed by atoms with Crippen LogP contribution in [0.1, 0.15) is 30.7 Å². The second kappa shape index (κ2) is 9.54. The highest BCUT2D eigenvalue weighted by Crippen LogP contribution is 2.16. The van der Waals surface area contributed by atoms with Crippen molar-refractivity contribution in [2.24, 2.45) is 0 Å². The molecule has 2 aromatic heterocycles. The molecule has 0 saturated carbocycles. The molecule has 0 radical (unpaired) electrons. The third kappa shape index (κ3) is 4.52. The molecule has 0 spiro atoms. The second-order valence-corrected chi connectivity index (χ2v) is 8.40. The van der Waals surface area contributed by atoms with Gasteiger partial charge in [0.05, 0.1) is 17.0 Å². The number of fused-ring (bicyclic) bond motifs is 3. The van der Waals surface area contributed by atoms with Gasteiger partial charge in [-0.3, -0.25) is 18.6 Å². The van der Waals surface area contributed by atoms with Gasteiger partial charge >= 0.3 is 0 Å². The number of ether oxygens (including phenoxy) is 1. The zero-order chi connectivity index (χ0) is 22.6. The minimum Gasteiger partial charge on any atom is -0.376 e. The number of carbonyl (C=O) groups is 1. The summed E-state index contributed by atoms with van der Waals surface area (Å²) in [4.78, 5) is 25.7. The zero-order valence-corrected chi connectivity index (χ0v) is 18.4. The molecule has 8 nitrogen and oxygen atoms in total. The van der Waals surface area contributed by atoms with Crippen LogP contribution in [0.15, 0.2) is 59.4 Å². The lowest BCUT2D eigenvalue weighted by Crippen LogP contribution is -2.32. The number of para-hydroxylation sites is 1. The van der Waals surface area contributed by atoms with Crippen LogP contribution in [0.3, 0.4) is 0 Å². The number of nitrogens with zero attached hydrogens (tertiary/aromatic N) is 4. The number of rotatable bonds is 8. The Hall–Kier alpha value is -3.52. The molecule has 1 N–H and O–H groups in total. The van der Waals surface area contributed by atoms with Gasteiger partial charge in [-0.2, -0.15) is 0 Å². The first kappa shape index (κ1) is 21.3. The molecule has 1 aliphatic rings. The van der Waals surface area contributed by atoms with Crippen molar-refractivity contribution in [2.45, 2.75) is 44.8 Å². The Bertz CT molecular complexity index is 1320. The van der Waals surface area contributed by atoms with Crippen LogP contribution >= 0.6 is 0 Å². The number of benzene rings is 2. The molecule has 1 atom stereocenters. The van der Waals surface area contributed by atoms with Gasteiger partial charge in [-0.25, -0.2) is 0 Å². The van der Waals surface area contributed by atoms with Gasteiger partial charge < -0.3 is 10.1 Å². The van der Waals surface area contributed by atoms with Crippen molar-refractivity contribution in [3.8, 4) is 0 Å². The molecule has 5 rings (SSSR count). The number of aryl methyl sites for hydroxylation is 3. The minimum absolute atomic E-state index is 0.0380. The number of hydrogen-bond acceptors (Lipinski definition) is 5. The van der Waals surface area contributed by atoms with Crippen LogP contribution in [-0.4, -0.2) is 44.3 Å². The molecule has 1 fully saturated rings. The predicted octanol–water partition coefficient (Wildman–Crippen LogP) is 2.51. The van der Waals surface area contributed by atoms with Crippen LogP contribution in [0.4, 0.5) is 0 Å². The summed E-state index contributed by atoms with van der Waals surface area (Å²) in [5, 5.41) is 12.3. The first-order valence-electron chi connectivity index (χ1n) is 11.5. The predicted molar refractivity (Wildman–Crippen MR) is 125 cm³/mol. The average molecular weight is 446 g/mol. The largest absolute Gasteiger partial charge is 0.376 e. The fraction of sp³-hybridized carbons (Fsp3) is 0.360. The molecular weight excluding hydrogens is 418 g/mol. The SMILES string of the molecule is O=C(CCc1nnc2n(CCc3ccccc3)c(=O)c3ccccc3n12)NC[C@H]1CCCO1. The smallest absolute Gasteiger partial charge is 0.262 e. The van der Waals surface area contributed by atoms with Gasteiger partial charge in [0.15, 0.2) is 0 Å². The molecule has 33 heavy (non-hydrogen) atoms. The van der Waals surface area contributed by atoms with Crippen LogP contribution in [0.2, 0.25) is 0 Å². The van der Waals surface area contributed by atoms with Gasteiger partial charge in [-0.05, 0) is 37.0 Å². The van der Waals surface area contributed by atoms with E-state index >= 15 is 0 Å². The fourth-order valence-corrected chi connectivity index (χ4v) is 4.41. The van der Waals surface area contributed by atoms with Crippen molar-refractivity contribution in [1.82, 2.24) is 24.5 Å². The van der Waals surface area contributed by atoms with Crippen LogP contribution < -0.4 is 10.9 Å².